The fraction of sp³-hybridized carbons (Fsp3) is 0. The van der Waals surface area contributed by atoms with E-state index in [-0.39, 0.29) is 29.4 Å². The quantitative estimate of drug-likeness (QED) is 0.256. The Morgan fingerprint density at radius 3 is 0.923 bits per heavy atom. The van der Waals surface area contributed by atoms with Crippen molar-refractivity contribution in [3.8, 4) is 0 Å². The van der Waals surface area contributed by atoms with Gasteiger partial charge in [0.25, 0.3) is 0 Å². The summed E-state index contributed by atoms with van der Waals surface area (Å²) in [6.07, 6.45) is 0. The summed E-state index contributed by atoms with van der Waals surface area (Å²) in [6, 6.07) is 0. The number of rotatable bonds is 0. The second-order valence-electron chi connectivity index (χ2n) is 0.816. The van der Waals surface area contributed by atoms with E-state index in [0.29, 0.717) is 0 Å². The molecule has 0 unspecified atom stereocenters. The van der Waals surface area contributed by atoms with Crippen molar-refractivity contribution < 1.29 is 65.7 Å². The van der Waals surface area contributed by atoms with E-state index in [1.54, 1.807) is 0 Å². The van der Waals surface area contributed by atoms with Gasteiger partial charge in [-0.3, -0.25) is 8.42 Å². The summed E-state index contributed by atoms with van der Waals surface area (Å²) in [6.45, 7) is 0. The van der Waals surface area contributed by atoms with E-state index in [4.69, 9.17) is 31.8 Å². The Bertz CT molecular complexity index is 219. The fourth-order valence-electron chi connectivity index (χ4n) is 0. The molecule has 0 saturated heterocycles. The number of hydrogen-bond donors (Lipinski definition) is 2. The van der Waals surface area contributed by atoms with Crippen LogP contribution in [0.3, 0.4) is 0 Å². The summed E-state index contributed by atoms with van der Waals surface area (Å²) in [7, 11) is -5.17. The molecule has 0 rings (SSSR count). The van der Waals surface area contributed by atoms with E-state index in [1.165, 1.54) is 0 Å². The Labute approximate surface area is 88.3 Å². The maximum atomic E-state index is 8.63. The molecule has 0 bridgehead atoms. The van der Waals surface area contributed by atoms with Gasteiger partial charge in [0.1, 0.15) is 0 Å². The molecule has 0 aliphatic carbocycles. The van der Waals surface area contributed by atoms with Gasteiger partial charge < -0.3 is 21.4 Å². The molecule has 8 N–H and O–H groups in total. The van der Waals surface area contributed by atoms with E-state index in [2.05, 4.69) is 0 Å². The zero-order valence-electron chi connectivity index (χ0n) is 6.44. The first-order valence-electron chi connectivity index (χ1n) is 1.33. The summed E-state index contributed by atoms with van der Waals surface area (Å²) in [4.78, 5) is 0. The molecule has 0 fully saturated rings. The van der Waals surface area contributed by atoms with Crippen LogP contribution in [0.4, 0.5) is 0 Å². The van der Waals surface area contributed by atoms with Crippen LogP contribution in [-0.4, -0.2) is 17.5 Å². The minimum atomic E-state index is -6.02. The van der Waals surface area contributed by atoms with E-state index < -0.39 is 27.1 Å². The van der Waals surface area contributed by atoms with Gasteiger partial charge >= 0.3 is 48.1 Å². The van der Waals surface area contributed by atoms with Crippen molar-refractivity contribution in [2.24, 2.45) is 0 Å². The second-order valence-corrected chi connectivity index (χ2v) is 3.64. The normalized spacial score (nSPS) is 8.92. The predicted molar refractivity (Wildman–Crippen MR) is 23.8 cm³/mol. The Balaban J connectivity index is -0.0000000267. The molecule has 0 aromatic rings. The van der Waals surface area contributed by atoms with Gasteiger partial charge in [-0.15, -0.1) is 0 Å². The summed E-state index contributed by atoms with van der Waals surface area (Å²) in [5.74, 6) is 0. The number of hydrogen-bond acceptors (Lipinski definition) is 8. The molecule has 86 valence electrons. The summed E-state index contributed by atoms with van der Waals surface area (Å²) < 4.78 is 68.6. The van der Waals surface area contributed by atoms with Crippen LogP contribution in [0.2, 0.25) is 0 Å². The van der Waals surface area contributed by atoms with Gasteiger partial charge in [0.2, 0.25) is 0 Å². The molecule has 0 saturated carbocycles. The van der Waals surface area contributed by atoms with Gasteiger partial charge in [0.15, 0.2) is 0 Å². The SMILES string of the molecule is O=S(=O)([O-])[O-].[Fe+2].[NH4+].[NH4+].[O]=[Mo](=[O])([O-])[O-]. The maximum absolute atomic E-state index is 8.63. The topological polar surface area (TPSA) is 234 Å². The molecular weight excluding hydrogens is 340 g/mol. The van der Waals surface area contributed by atoms with E-state index in [0.717, 1.165) is 0 Å². The molecule has 13 heavy (non-hydrogen) atoms. The molecule has 0 amide bonds. The van der Waals surface area contributed by atoms with Crippen LogP contribution in [-0.2, 0) is 51.0 Å². The van der Waals surface area contributed by atoms with Crippen molar-refractivity contribution in [2.45, 2.75) is 0 Å². The molecule has 0 aromatic carbocycles. The molecule has 0 aliphatic heterocycles. The molecule has 0 atom stereocenters. The third-order valence-electron chi connectivity index (χ3n) is 0. The second kappa shape index (κ2) is 10.6. The van der Waals surface area contributed by atoms with Gasteiger partial charge in [-0.1, -0.05) is 0 Å². The summed E-state index contributed by atoms with van der Waals surface area (Å²) >= 11 is -6.02. The Morgan fingerprint density at radius 2 is 0.923 bits per heavy atom. The standard InChI is InChI=1S/Fe.Mo.2H3N.H2O4S.4O/c;;;;1-5(2,3)4;;;;/h;;2*1H3;(H2,1,2,3,4);;;;/q+2;;;;;;;2*-1. The van der Waals surface area contributed by atoms with E-state index in [9.17, 15) is 0 Å². The molecule has 0 spiro atoms. The zero-order chi connectivity index (χ0) is 9.00. The third kappa shape index (κ3) is 5160. The predicted octanol–water partition coefficient (Wildman–Crippen LogP) is -3.21. The molecule has 0 radical (unpaired) electrons. The Kier molecular flexibility index (Phi) is 23.8. The van der Waals surface area contributed by atoms with Gasteiger partial charge in [0, 0.05) is 10.4 Å². The zero-order valence-corrected chi connectivity index (χ0v) is 10.4. The van der Waals surface area contributed by atoms with Gasteiger partial charge in [0.05, 0.1) is 0 Å². The average molecular weight is 348 g/mol. The Hall–Kier alpha value is 0.518. The minimum absolute atomic E-state index is 0. The summed E-state index contributed by atoms with van der Waals surface area (Å²) in [5.41, 5.74) is 0. The monoisotopic (exact) mass is 350 g/mol. The van der Waals surface area contributed by atoms with Crippen LogP contribution in [0, 0.1) is 0 Å². The van der Waals surface area contributed by atoms with Crippen LogP contribution in [0.15, 0.2) is 0 Å². The molecule has 10 nitrogen and oxygen atoms in total. The third-order valence-corrected chi connectivity index (χ3v) is 0. The van der Waals surface area contributed by atoms with Crippen molar-refractivity contribution in [1.29, 1.82) is 0 Å². The van der Waals surface area contributed by atoms with Crippen molar-refractivity contribution in [2.75, 3.05) is 0 Å². The molecular formula is H8FeMoN2O8S. The van der Waals surface area contributed by atoms with Crippen molar-refractivity contribution in [3.05, 3.63) is 0 Å². The number of quaternary nitrogens is 2. The first kappa shape index (κ1) is 29.2. The van der Waals surface area contributed by atoms with E-state index >= 15 is 0 Å². The van der Waals surface area contributed by atoms with Crippen molar-refractivity contribution in [3.63, 3.8) is 0 Å². The van der Waals surface area contributed by atoms with Crippen molar-refractivity contribution in [1.82, 2.24) is 12.3 Å². The first-order chi connectivity index (χ1) is 4.00. The van der Waals surface area contributed by atoms with E-state index in [1.807, 2.05) is 0 Å². The molecule has 0 aromatic heterocycles. The van der Waals surface area contributed by atoms with Gasteiger partial charge in [-0.25, -0.2) is 0 Å². The van der Waals surface area contributed by atoms with Gasteiger partial charge in [-0.2, -0.15) is 0 Å². The molecule has 0 heterocycles. The molecule has 13 heteroatoms. The van der Waals surface area contributed by atoms with Gasteiger partial charge in [-0.05, 0) is 0 Å². The summed E-state index contributed by atoms with van der Waals surface area (Å²) in [5, 5.41) is 0. The average Bonchev–Trinajstić information content (AvgIpc) is 1.12. The first-order valence-corrected chi connectivity index (χ1v) is 5.94. The van der Waals surface area contributed by atoms with Crippen LogP contribution >= 0.6 is 0 Å². The van der Waals surface area contributed by atoms with Crippen LogP contribution < -0.4 is 19.8 Å². The fourth-order valence-corrected chi connectivity index (χ4v) is 0. The van der Waals surface area contributed by atoms with Crippen LogP contribution in [0.25, 0.3) is 0 Å². The van der Waals surface area contributed by atoms with Crippen molar-refractivity contribution >= 4 is 10.4 Å². The molecule has 0 aliphatic rings. The van der Waals surface area contributed by atoms with Crippen LogP contribution in [0.5, 0.6) is 0 Å². The van der Waals surface area contributed by atoms with Crippen LogP contribution in [0.1, 0.15) is 0 Å². The Morgan fingerprint density at radius 1 is 0.923 bits per heavy atom.